The van der Waals surface area contributed by atoms with E-state index in [2.05, 4.69) is 4.99 Å². The molecule has 1 aliphatic heterocycles. The van der Waals surface area contributed by atoms with Gasteiger partial charge in [-0.05, 0) is 24.3 Å². The van der Waals surface area contributed by atoms with Crippen LogP contribution in [0, 0.1) is 0 Å². The van der Waals surface area contributed by atoms with Gasteiger partial charge in [0.1, 0.15) is 5.75 Å². The first-order valence-corrected chi connectivity index (χ1v) is 4.72. The van der Waals surface area contributed by atoms with Crippen LogP contribution in [0.15, 0.2) is 29.3 Å². The van der Waals surface area contributed by atoms with Gasteiger partial charge >= 0.3 is 0 Å². The highest BCUT2D eigenvalue weighted by Gasteiger charge is 2.08. The molecule has 0 saturated carbocycles. The molecule has 0 radical (unpaired) electrons. The van der Waals surface area contributed by atoms with Crippen molar-refractivity contribution in [1.29, 1.82) is 0 Å². The van der Waals surface area contributed by atoms with Crippen LogP contribution in [-0.2, 0) is 4.74 Å². The first-order chi connectivity index (χ1) is 6.90. The van der Waals surface area contributed by atoms with Crippen LogP contribution in [0.4, 0.5) is 0 Å². The number of halogens is 1. The molecule has 0 saturated heterocycles. The Labute approximate surface area is 99.9 Å². The van der Waals surface area contributed by atoms with Gasteiger partial charge in [-0.2, -0.15) is 0 Å². The number of rotatable bonds is 2. The molecule has 0 bridgehead atoms. The van der Waals surface area contributed by atoms with Gasteiger partial charge in [-0.1, -0.05) is 0 Å². The van der Waals surface area contributed by atoms with Crippen molar-refractivity contribution in [3.05, 3.63) is 29.8 Å². The maximum Gasteiger partial charge on any atom is 0.216 e. The van der Waals surface area contributed by atoms with Gasteiger partial charge < -0.3 is 9.47 Å². The molecule has 15 heavy (non-hydrogen) atoms. The SMILES string of the molecule is Br.COc1ccc(C2=NCCCO2)cc1. The molecule has 4 heteroatoms. The zero-order valence-electron chi connectivity index (χ0n) is 8.60. The van der Waals surface area contributed by atoms with Crippen LogP contribution in [-0.4, -0.2) is 26.2 Å². The van der Waals surface area contributed by atoms with Gasteiger partial charge in [0, 0.05) is 18.5 Å². The highest BCUT2D eigenvalue weighted by atomic mass is 79.9. The van der Waals surface area contributed by atoms with Crippen LogP contribution in [0.5, 0.6) is 5.75 Å². The van der Waals surface area contributed by atoms with Crippen LogP contribution >= 0.6 is 17.0 Å². The third kappa shape index (κ3) is 2.96. The van der Waals surface area contributed by atoms with Gasteiger partial charge in [0.15, 0.2) is 0 Å². The second-order valence-electron chi connectivity index (χ2n) is 3.12. The predicted molar refractivity (Wildman–Crippen MR) is 65.3 cm³/mol. The van der Waals surface area contributed by atoms with E-state index in [0.29, 0.717) is 0 Å². The molecule has 0 unspecified atom stereocenters. The highest BCUT2D eigenvalue weighted by molar-refractivity contribution is 8.93. The Morgan fingerprint density at radius 2 is 2.00 bits per heavy atom. The number of aliphatic imine (C=N–C) groups is 1. The Morgan fingerprint density at radius 3 is 2.53 bits per heavy atom. The summed E-state index contributed by atoms with van der Waals surface area (Å²) >= 11 is 0. The summed E-state index contributed by atoms with van der Waals surface area (Å²) in [6.07, 6.45) is 1.01. The maximum atomic E-state index is 5.45. The summed E-state index contributed by atoms with van der Waals surface area (Å²) in [6, 6.07) is 7.75. The summed E-state index contributed by atoms with van der Waals surface area (Å²) in [5.41, 5.74) is 1.02. The van der Waals surface area contributed by atoms with E-state index >= 15 is 0 Å². The number of hydrogen-bond donors (Lipinski definition) is 0. The van der Waals surface area contributed by atoms with E-state index in [1.165, 1.54) is 0 Å². The van der Waals surface area contributed by atoms with Crippen molar-refractivity contribution < 1.29 is 9.47 Å². The fourth-order valence-electron chi connectivity index (χ4n) is 1.37. The molecule has 0 spiro atoms. The molecule has 3 nitrogen and oxygen atoms in total. The van der Waals surface area contributed by atoms with E-state index in [-0.39, 0.29) is 17.0 Å². The average Bonchev–Trinajstić information content (AvgIpc) is 2.30. The number of hydrogen-bond acceptors (Lipinski definition) is 3. The molecule has 0 N–H and O–H groups in total. The molecule has 0 aliphatic carbocycles. The van der Waals surface area contributed by atoms with Crippen molar-refractivity contribution in [2.75, 3.05) is 20.3 Å². The normalized spacial score (nSPS) is 14.6. The van der Waals surface area contributed by atoms with E-state index in [4.69, 9.17) is 9.47 Å². The summed E-state index contributed by atoms with van der Waals surface area (Å²) in [5, 5.41) is 0. The van der Waals surface area contributed by atoms with Crippen molar-refractivity contribution in [2.24, 2.45) is 4.99 Å². The van der Waals surface area contributed by atoms with Crippen molar-refractivity contribution in [2.45, 2.75) is 6.42 Å². The molecule has 1 aromatic rings. The van der Waals surface area contributed by atoms with E-state index in [1.54, 1.807) is 7.11 Å². The van der Waals surface area contributed by atoms with Crippen molar-refractivity contribution in [3.8, 4) is 5.75 Å². The summed E-state index contributed by atoms with van der Waals surface area (Å²) in [7, 11) is 1.66. The zero-order valence-corrected chi connectivity index (χ0v) is 10.3. The van der Waals surface area contributed by atoms with Crippen molar-refractivity contribution in [3.63, 3.8) is 0 Å². The Morgan fingerprint density at radius 1 is 1.27 bits per heavy atom. The maximum absolute atomic E-state index is 5.45. The minimum atomic E-state index is 0. The second kappa shape index (κ2) is 5.75. The predicted octanol–water partition coefficient (Wildman–Crippen LogP) is 2.44. The monoisotopic (exact) mass is 271 g/mol. The molecule has 1 aliphatic rings. The van der Waals surface area contributed by atoms with Crippen LogP contribution in [0.3, 0.4) is 0 Å². The molecule has 1 heterocycles. The molecule has 2 rings (SSSR count). The molecular weight excluding hydrogens is 258 g/mol. The standard InChI is InChI=1S/C11H13NO2.BrH/c1-13-10-5-3-9(4-6-10)11-12-7-2-8-14-11;/h3-6H,2,7-8H2,1H3;1H. The van der Waals surface area contributed by atoms with Crippen LogP contribution in [0.1, 0.15) is 12.0 Å². The third-order valence-corrected chi connectivity index (χ3v) is 2.13. The van der Waals surface area contributed by atoms with Gasteiger partial charge in [-0.3, -0.25) is 4.99 Å². The third-order valence-electron chi connectivity index (χ3n) is 2.13. The molecule has 1 aromatic carbocycles. The minimum absolute atomic E-state index is 0. The summed E-state index contributed by atoms with van der Waals surface area (Å²) in [6.45, 7) is 1.63. The van der Waals surface area contributed by atoms with Crippen LogP contribution in [0.2, 0.25) is 0 Å². The molecule has 0 atom stereocenters. The molecule has 82 valence electrons. The van der Waals surface area contributed by atoms with Crippen molar-refractivity contribution in [1.82, 2.24) is 0 Å². The number of nitrogens with zero attached hydrogens (tertiary/aromatic N) is 1. The van der Waals surface area contributed by atoms with E-state index in [9.17, 15) is 0 Å². The fraction of sp³-hybridized carbons (Fsp3) is 0.364. The zero-order chi connectivity index (χ0) is 9.80. The van der Waals surface area contributed by atoms with Gasteiger partial charge in [0.2, 0.25) is 5.90 Å². The second-order valence-corrected chi connectivity index (χ2v) is 3.12. The van der Waals surface area contributed by atoms with Gasteiger partial charge in [-0.15, -0.1) is 17.0 Å². The van der Waals surface area contributed by atoms with E-state index in [1.807, 2.05) is 24.3 Å². The minimum Gasteiger partial charge on any atom is -0.497 e. The fourth-order valence-corrected chi connectivity index (χ4v) is 1.37. The summed E-state index contributed by atoms with van der Waals surface area (Å²) in [4.78, 5) is 4.31. The van der Waals surface area contributed by atoms with E-state index in [0.717, 1.165) is 36.8 Å². The first kappa shape index (κ1) is 12.0. The smallest absolute Gasteiger partial charge is 0.216 e. The highest BCUT2D eigenvalue weighted by Crippen LogP contribution is 2.13. The lowest BCUT2D eigenvalue weighted by Crippen LogP contribution is -2.14. The Balaban J connectivity index is 0.00000112. The van der Waals surface area contributed by atoms with Gasteiger partial charge in [-0.25, -0.2) is 0 Å². The number of benzene rings is 1. The molecule has 0 fully saturated rings. The van der Waals surface area contributed by atoms with E-state index < -0.39 is 0 Å². The summed E-state index contributed by atoms with van der Waals surface area (Å²) < 4.78 is 10.5. The summed E-state index contributed by atoms with van der Waals surface area (Å²) in [5.74, 6) is 1.60. The van der Waals surface area contributed by atoms with Crippen LogP contribution in [0.25, 0.3) is 0 Å². The average molecular weight is 272 g/mol. The Hall–Kier alpha value is -1.03. The molecule has 0 aromatic heterocycles. The van der Waals surface area contributed by atoms with Crippen molar-refractivity contribution >= 4 is 22.9 Å². The molecule has 0 amide bonds. The molecular formula is C11H14BrNO2. The quantitative estimate of drug-likeness (QED) is 0.828. The number of methoxy groups -OCH3 is 1. The first-order valence-electron chi connectivity index (χ1n) is 4.72. The van der Waals surface area contributed by atoms with Gasteiger partial charge in [0.05, 0.1) is 13.7 Å². The topological polar surface area (TPSA) is 30.8 Å². The van der Waals surface area contributed by atoms with Crippen LogP contribution < -0.4 is 4.74 Å². The van der Waals surface area contributed by atoms with Gasteiger partial charge in [0.25, 0.3) is 0 Å². The number of ether oxygens (including phenoxy) is 2. The largest absolute Gasteiger partial charge is 0.497 e. The lowest BCUT2D eigenvalue weighted by molar-refractivity contribution is 0.284. The Kier molecular flexibility index (Phi) is 4.62. The lowest BCUT2D eigenvalue weighted by Gasteiger charge is -2.13. The Bertz CT molecular complexity index is 335. The lowest BCUT2D eigenvalue weighted by atomic mass is 10.2.